The number of hydrogen-bond acceptors (Lipinski definition) is 5. The molecule has 2 aliphatic rings. The highest BCUT2D eigenvalue weighted by molar-refractivity contribution is 6.06. The van der Waals surface area contributed by atoms with Gasteiger partial charge in [-0.1, -0.05) is 0 Å². The summed E-state index contributed by atoms with van der Waals surface area (Å²) in [6.07, 6.45) is 2.31. The van der Waals surface area contributed by atoms with E-state index in [-0.39, 0.29) is 25.4 Å². The summed E-state index contributed by atoms with van der Waals surface area (Å²) >= 11 is 0. The average Bonchev–Trinajstić information content (AvgIpc) is 3.02. The molecule has 9 nitrogen and oxygen atoms in total. The number of carbonyl (C=O) groups excluding carboxylic acids is 3. The zero-order chi connectivity index (χ0) is 23.2. The molecule has 0 bridgehead atoms. The van der Waals surface area contributed by atoms with E-state index < -0.39 is 29.9 Å². The number of pyridine rings is 1. The smallest absolute Gasteiger partial charge is 0.410 e. The molecular formula is C22H28FN5O4. The number of hydrogen-bond donors (Lipinski definition) is 1. The molecule has 0 aromatic carbocycles. The van der Waals surface area contributed by atoms with E-state index in [4.69, 9.17) is 4.74 Å². The van der Waals surface area contributed by atoms with Crippen LogP contribution < -0.4 is 10.2 Å². The molecule has 32 heavy (non-hydrogen) atoms. The minimum atomic E-state index is -1.27. The van der Waals surface area contributed by atoms with Gasteiger partial charge in [-0.25, -0.2) is 19.0 Å². The molecular weight excluding hydrogens is 417 g/mol. The van der Waals surface area contributed by atoms with Crippen molar-refractivity contribution in [2.45, 2.75) is 58.4 Å². The lowest BCUT2D eigenvalue weighted by atomic mass is 10.0. The van der Waals surface area contributed by atoms with Crippen molar-refractivity contribution in [3.63, 3.8) is 0 Å². The standard InChI is InChI=1S/C22H28FN5O4/c1-13-11-28(17-5-7-26(12-16(17)23)21(31)32-22(2,3)4)19-15(13)9-14(10-24-19)27-8-6-18(29)25-20(27)30/h9-11,16-17H,5-8,12H2,1-4H3,(H,25,29,30)/t16-,17-/m0/s1. The third-order valence-electron chi connectivity index (χ3n) is 5.74. The number of fused-ring (bicyclic) bond motifs is 1. The van der Waals surface area contributed by atoms with Gasteiger partial charge in [0.05, 0.1) is 24.5 Å². The first-order valence-corrected chi connectivity index (χ1v) is 10.7. The second-order valence-electron chi connectivity index (χ2n) is 9.34. The lowest BCUT2D eigenvalue weighted by Gasteiger charge is -2.36. The Morgan fingerprint density at radius 3 is 2.69 bits per heavy atom. The van der Waals surface area contributed by atoms with Crippen LogP contribution in [0.1, 0.15) is 45.2 Å². The van der Waals surface area contributed by atoms with Crippen LogP contribution in [0, 0.1) is 6.92 Å². The Hall–Kier alpha value is -3.17. The monoisotopic (exact) mass is 445 g/mol. The number of aryl methyl sites for hydroxylation is 1. The minimum Gasteiger partial charge on any atom is -0.444 e. The Bertz CT molecular complexity index is 1080. The highest BCUT2D eigenvalue weighted by Gasteiger charge is 2.35. The molecule has 0 saturated carbocycles. The van der Waals surface area contributed by atoms with Crippen molar-refractivity contribution < 1.29 is 23.5 Å². The molecule has 2 fully saturated rings. The van der Waals surface area contributed by atoms with Crippen molar-refractivity contribution in [1.82, 2.24) is 19.8 Å². The third kappa shape index (κ3) is 4.26. The number of anilines is 1. The van der Waals surface area contributed by atoms with Gasteiger partial charge in [-0.2, -0.15) is 0 Å². The molecule has 2 aromatic heterocycles. The molecule has 2 saturated heterocycles. The summed E-state index contributed by atoms with van der Waals surface area (Å²) in [6, 6.07) is 0.907. The van der Waals surface area contributed by atoms with Gasteiger partial charge in [-0.05, 0) is 45.7 Å². The van der Waals surface area contributed by atoms with Crippen LogP contribution in [0.3, 0.4) is 0 Å². The van der Waals surface area contributed by atoms with E-state index in [1.54, 1.807) is 27.0 Å². The molecule has 0 unspecified atom stereocenters. The van der Waals surface area contributed by atoms with Gasteiger partial charge in [0, 0.05) is 31.1 Å². The first-order chi connectivity index (χ1) is 15.0. The van der Waals surface area contributed by atoms with E-state index >= 15 is 4.39 Å². The van der Waals surface area contributed by atoms with Crippen molar-refractivity contribution in [3.05, 3.63) is 24.0 Å². The van der Waals surface area contributed by atoms with Gasteiger partial charge >= 0.3 is 12.1 Å². The van der Waals surface area contributed by atoms with Crippen LogP contribution >= 0.6 is 0 Å². The number of likely N-dealkylation sites (tertiary alicyclic amines) is 1. The number of alkyl halides is 1. The van der Waals surface area contributed by atoms with Gasteiger partial charge in [0.15, 0.2) is 0 Å². The zero-order valence-electron chi connectivity index (χ0n) is 18.7. The fraction of sp³-hybridized carbons (Fsp3) is 0.545. The quantitative estimate of drug-likeness (QED) is 0.765. The maximum absolute atomic E-state index is 15.2. The van der Waals surface area contributed by atoms with Crippen molar-refractivity contribution >= 4 is 34.8 Å². The molecule has 172 valence electrons. The van der Waals surface area contributed by atoms with Crippen molar-refractivity contribution in [1.29, 1.82) is 0 Å². The second-order valence-corrected chi connectivity index (χ2v) is 9.34. The van der Waals surface area contributed by atoms with E-state index in [2.05, 4.69) is 10.3 Å². The van der Waals surface area contributed by atoms with Crippen LogP contribution in [0.25, 0.3) is 11.0 Å². The predicted molar refractivity (Wildman–Crippen MR) is 116 cm³/mol. The van der Waals surface area contributed by atoms with Crippen molar-refractivity contribution in [3.8, 4) is 0 Å². The fourth-order valence-electron chi connectivity index (χ4n) is 4.19. The lowest BCUT2D eigenvalue weighted by molar-refractivity contribution is -0.120. The van der Waals surface area contributed by atoms with Gasteiger partial charge in [-0.3, -0.25) is 15.0 Å². The molecule has 2 atom stereocenters. The first-order valence-electron chi connectivity index (χ1n) is 10.7. The second kappa shape index (κ2) is 8.07. The number of nitrogens with zero attached hydrogens (tertiary/aromatic N) is 4. The number of imide groups is 1. The largest absolute Gasteiger partial charge is 0.444 e. The molecule has 10 heteroatoms. The van der Waals surface area contributed by atoms with Gasteiger partial charge in [0.1, 0.15) is 17.4 Å². The van der Waals surface area contributed by atoms with E-state index in [1.165, 1.54) is 9.80 Å². The molecule has 1 N–H and O–H groups in total. The average molecular weight is 445 g/mol. The number of carbonyl (C=O) groups is 3. The molecule has 2 aromatic rings. The summed E-state index contributed by atoms with van der Waals surface area (Å²) < 4.78 is 22.4. The number of urea groups is 1. The van der Waals surface area contributed by atoms with Crippen LogP contribution in [0.2, 0.25) is 0 Å². The summed E-state index contributed by atoms with van der Waals surface area (Å²) in [7, 11) is 0. The highest BCUT2D eigenvalue weighted by atomic mass is 19.1. The SMILES string of the molecule is Cc1cn([C@H]2CCN(C(=O)OC(C)(C)C)C[C@@H]2F)c2ncc(N3CCC(=O)NC3=O)cc12. The highest BCUT2D eigenvalue weighted by Crippen LogP contribution is 2.33. The van der Waals surface area contributed by atoms with Crippen LogP contribution in [-0.4, -0.2) is 63.9 Å². The molecule has 2 aliphatic heterocycles. The number of halogens is 1. The third-order valence-corrected chi connectivity index (χ3v) is 5.74. The normalized spacial score (nSPS) is 22.3. The Morgan fingerprint density at radius 2 is 2.03 bits per heavy atom. The molecule has 0 aliphatic carbocycles. The molecule has 4 heterocycles. The maximum Gasteiger partial charge on any atom is 0.410 e. The number of nitrogens with one attached hydrogen (secondary N) is 1. The van der Waals surface area contributed by atoms with E-state index in [0.717, 1.165) is 10.9 Å². The first kappa shape index (κ1) is 22.0. The number of rotatable bonds is 2. The van der Waals surface area contributed by atoms with Gasteiger partial charge in [0.25, 0.3) is 0 Å². The van der Waals surface area contributed by atoms with Gasteiger partial charge in [0.2, 0.25) is 5.91 Å². The van der Waals surface area contributed by atoms with Crippen molar-refractivity contribution in [2.24, 2.45) is 0 Å². The molecule has 0 radical (unpaired) electrons. The Labute approximate surface area is 185 Å². The minimum absolute atomic E-state index is 0.0433. The van der Waals surface area contributed by atoms with Gasteiger partial charge < -0.3 is 14.2 Å². The zero-order valence-corrected chi connectivity index (χ0v) is 18.7. The molecule has 4 amide bonds. The van der Waals surface area contributed by atoms with Crippen LogP contribution in [-0.2, 0) is 9.53 Å². The summed E-state index contributed by atoms with van der Waals surface area (Å²) in [5.74, 6) is -0.297. The van der Waals surface area contributed by atoms with Crippen molar-refractivity contribution in [2.75, 3.05) is 24.5 Å². The number of ether oxygens (including phenoxy) is 1. The number of aromatic nitrogens is 2. The van der Waals surface area contributed by atoms with E-state index in [9.17, 15) is 14.4 Å². The van der Waals surface area contributed by atoms with Crippen LogP contribution in [0.15, 0.2) is 18.5 Å². The summed E-state index contributed by atoms with van der Waals surface area (Å²) in [5, 5.41) is 3.12. The van der Waals surface area contributed by atoms with E-state index in [0.29, 0.717) is 24.3 Å². The summed E-state index contributed by atoms with van der Waals surface area (Å²) in [5.41, 5.74) is 1.48. The molecule has 0 spiro atoms. The Morgan fingerprint density at radius 1 is 1.28 bits per heavy atom. The summed E-state index contributed by atoms with van der Waals surface area (Å²) in [4.78, 5) is 43.3. The number of piperidine rings is 1. The fourth-order valence-corrected chi connectivity index (χ4v) is 4.19. The topological polar surface area (TPSA) is 96.8 Å². The molecule has 4 rings (SSSR count). The van der Waals surface area contributed by atoms with Crippen LogP contribution in [0.5, 0.6) is 0 Å². The Balaban J connectivity index is 1.55. The van der Waals surface area contributed by atoms with E-state index in [1.807, 2.05) is 23.8 Å². The Kier molecular flexibility index (Phi) is 5.56. The predicted octanol–water partition coefficient (Wildman–Crippen LogP) is 3.31. The number of amides is 4. The van der Waals surface area contributed by atoms with Gasteiger partial charge in [-0.15, -0.1) is 0 Å². The maximum atomic E-state index is 15.2. The van der Waals surface area contributed by atoms with Crippen LogP contribution in [0.4, 0.5) is 19.7 Å². The lowest BCUT2D eigenvalue weighted by Crippen LogP contribution is -2.49. The summed E-state index contributed by atoms with van der Waals surface area (Å²) in [6.45, 7) is 7.89.